The van der Waals surface area contributed by atoms with E-state index in [0.717, 1.165) is 11.1 Å². The highest BCUT2D eigenvalue weighted by molar-refractivity contribution is 7.07. The first-order chi connectivity index (χ1) is 21.7. The molecule has 1 aliphatic heterocycles. The Morgan fingerprint density at radius 3 is 2.36 bits per heavy atom. The first-order valence-electron chi connectivity index (χ1n) is 14.1. The van der Waals surface area contributed by atoms with Gasteiger partial charge in [-0.2, -0.15) is 0 Å². The Balaban J connectivity index is 1.58. The topological polar surface area (TPSA) is 115 Å². The van der Waals surface area contributed by atoms with Crippen LogP contribution in [0, 0.1) is 0 Å². The van der Waals surface area contributed by atoms with Gasteiger partial charge in [0.1, 0.15) is 6.61 Å². The van der Waals surface area contributed by atoms with Gasteiger partial charge in [-0.1, -0.05) is 53.8 Å². The molecular formula is C34H32N2O8S. The van der Waals surface area contributed by atoms with E-state index < -0.39 is 18.0 Å². The molecule has 0 radical (unpaired) electrons. The summed E-state index contributed by atoms with van der Waals surface area (Å²) in [5.74, 6) is 0.474. The van der Waals surface area contributed by atoms with Gasteiger partial charge in [0.2, 0.25) is 0 Å². The van der Waals surface area contributed by atoms with Crippen molar-refractivity contribution in [2.75, 3.05) is 20.8 Å². The highest BCUT2D eigenvalue weighted by Crippen LogP contribution is 2.36. The lowest BCUT2D eigenvalue weighted by Gasteiger charge is -2.25. The summed E-state index contributed by atoms with van der Waals surface area (Å²) in [4.78, 5) is 43.9. The number of benzene rings is 3. The monoisotopic (exact) mass is 628 g/mol. The molecule has 0 spiro atoms. The molecule has 0 N–H and O–H groups in total. The Labute approximate surface area is 263 Å². The van der Waals surface area contributed by atoms with Gasteiger partial charge in [-0.3, -0.25) is 14.2 Å². The highest BCUT2D eigenvalue weighted by Gasteiger charge is 2.34. The van der Waals surface area contributed by atoms with Crippen molar-refractivity contribution in [3.8, 4) is 23.0 Å². The molecule has 0 saturated carbocycles. The van der Waals surface area contributed by atoms with Gasteiger partial charge in [0.25, 0.3) is 5.56 Å². The van der Waals surface area contributed by atoms with Crippen LogP contribution in [0.4, 0.5) is 0 Å². The van der Waals surface area contributed by atoms with Gasteiger partial charge in [-0.15, -0.1) is 0 Å². The summed E-state index contributed by atoms with van der Waals surface area (Å²) in [6.45, 7) is 5.23. The fraction of sp³-hybridized carbons (Fsp3) is 0.235. The standard InChI is InChI=1S/C34H32N2O8S/c1-6-42-33(39)30-20(2)35-34-36(31(30)24-13-15-26(44-21(3)37)28(18-24)41-5)32(38)29(45-34)17-23-12-14-25(27(16-23)40-4)43-19-22-10-8-7-9-11-22/h7-18,31H,6,19H2,1-5H3/b29-17-/t31-/m1/s1. The number of hydrogen-bond acceptors (Lipinski definition) is 10. The second-order valence-corrected chi connectivity index (χ2v) is 11.0. The molecule has 1 atom stereocenters. The third-order valence-corrected chi connectivity index (χ3v) is 7.98. The van der Waals surface area contributed by atoms with Gasteiger partial charge in [0.05, 0.1) is 42.7 Å². The molecular weight excluding hydrogens is 596 g/mol. The van der Waals surface area contributed by atoms with Crippen molar-refractivity contribution in [3.63, 3.8) is 0 Å². The molecule has 1 aromatic heterocycles. The van der Waals surface area contributed by atoms with Crippen LogP contribution in [-0.2, 0) is 20.9 Å². The first-order valence-corrected chi connectivity index (χ1v) is 15.0. The maximum atomic E-state index is 14.0. The number of methoxy groups -OCH3 is 2. The van der Waals surface area contributed by atoms with Crippen molar-refractivity contribution < 1.29 is 33.3 Å². The molecule has 0 aliphatic carbocycles. The number of thiazole rings is 1. The Hall–Kier alpha value is -5.16. The van der Waals surface area contributed by atoms with E-state index in [1.165, 1.54) is 29.9 Å². The van der Waals surface area contributed by atoms with E-state index in [9.17, 15) is 14.4 Å². The highest BCUT2D eigenvalue weighted by atomic mass is 32.1. The number of hydrogen-bond donors (Lipinski definition) is 0. The lowest BCUT2D eigenvalue weighted by Crippen LogP contribution is -2.40. The fourth-order valence-electron chi connectivity index (χ4n) is 4.98. The van der Waals surface area contributed by atoms with Gasteiger partial charge >= 0.3 is 11.9 Å². The van der Waals surface area contributed by atoms with Crippen LogP contribution in [0.25, 0.3) is 6.08 Å². The van der Waals surface area contributed by atoms with Gasteiger partial charge in [0, 0.05) is 6.92 Å². The summed E-state index contributed by atoms with van der Waals surface area (Å²) in [6.07, 6.45) is 1.75. The van der Waals surface area contributed by atoms with Crippen molar-refractivity contribution in [1.82, 2.24) is 4.57 Å². The summed E-state index contributed by atoms with van der Waals surface area (Å²) in [6, 6.07) is 19.3. The fourth-order valence-corrected chi connectivity index (χ4v) is 6.03. The minimum atomic E-state index is -0.869. The smallest absolute Gasteiger partial charge is 0.338 e. The Morgan fingerprint density at radius 1 is 0.956 bits per heavy atom. The Kier molecular flexibility index (Phi) is 9.48. The molecule has 4 aromatic rings. The predicted octanol–water partition coefficient (Wildman–Crippen LogP) is 4.32. The van der Waals surface area contributed by atoms with E-state index in [0.29, 0.717) is 38.7 Å². The van der Waals surface area contributed by atoms with Crippen LogP contribution in [0.5, 0.6) is 23.0 Å². The number of fused-ring (bicyclic) bond motifs is 1. The number of nitrogens with zero attached hydrogens (tertiary/aromatic N) is 2. The van der Waals surface area contributed by atoms with Crippen molar-refractivity contribution in [1.29, 1.82) is 0 Å². The van der Waals surface area contributed by atoms with E-state index in [-0.39, 0.29) is 29.2 Å². The average Bonchev–Trinajstić information content (AvgIpc) is 3.33. The number of ether oxygens (including phenoxy) is 5. The quantitative estimate of drug-likeness (QED) is 0.189. The summed E-state index contributed by atoms with van der Waals surface area (Å²) in [5, 5.41) is 0. The number of esters is 2. The second kappa shape index (κ2) is 13.6. The van der Waals surface area contributed by atoms with E-state index in [1.54, 1.807) is 57.4 Å². The molecule has 0 unspecified atom stereocenters. The van der Waals surface area contributed by atoms with Crippen molar-refractivity contribution in [3.05, 3.63) is 114 Å². The van der Waals surface area contributed by atoms with Gasteiger partial charge < -0.3 is 23.7 Å². The van der Waals surface area contributed by atoms with E-state index in [2.05, 4.69) is 4.99 Å². The van der Waals surface area contributed by atoms with Crippen LogP contribution < -0.4 is 33.8 Å². The molecule has 3 aromatic carbocycles. The zero-order chi connectivity index (χ0) is 32.1. The number of allylic oxidation sites excluding steroid dienone is 1. The van der Waals surface area contributed by atoms with Crippen LogP contribution in [0.2, 0.25) is 0 Å². The molecule has 232 valence electrons. The van der Waals surface area contributed by atoms with Crippen molar-refractivity contribution in [2.24, 2.45) is 4.99 Å². The number of aromatic nitrogens is 1. The minimum absolute atomic E-state index is 0.147. The van der Waals surface area contributed by atoms with Crippen LogP contribution in [0.3, 0.4) is 0 Å². The molecule has 1 aliphatic rings. The molecule has 0 fully saturated rings. The lowest BCUT2D eigenvalue weighted by molar-refractivity contribution is -0.139. The van der Waals surface area contributed by atoms with E-state index >= 15 is 0 Å². The van der Waals surface area contributed by atoms with Crippen molar-refractivity contribution >= 4 is 29.4 Å². The largest absolute Gasteiger partial charge is 0.493 e. The normalized spacial score (nSPS) is 14.3. The Morgan fingerprint density at radius 2 is 1.67 bits per heavy atom. The molecule has 11 heteroatoms. The lowest BCUT2D eigenvalue weighted by atomic mass is 9.95. The van der Waals surface area contributed by atoms with Crippen LogP contribution >= 0.6 is 11.3 Å². The molecule has 0 amide bonds. The molecule has 2 heterocycles. The van der Waals surface area contributed by atoms with E-state index in [4.69, 9.17) is 23.7 Å². The number of carbonyl (C=O) groups is 2. The molecule has 10 nitrogen and oxygen atoms in total. The SMILES string of the molecule is CCOC(=O)C1=C(C)N=c2s/c(=C\c3ccc(OCc4ccccc4)c(OC)c3)c(=O)n2[C@@H]1c1ccc(OC(C)=O)c(OC)c1. The zero-order valence-electron chi connectivity index (χ0n) is 25.5. The maximum Gasteiger partial charge on any atom is 0.338 e. The van der Waals surface area contributed by atoms with Gasteiger partial charge in [-0.25, -0.2) is 9.79 Å². The summed E-state index contributed by atoms with van der Waals surface area (Å²) in [5.41, 5.74) is 2.60. The molecule has 0 saturated heterocycles. The van der Waals surface area contributed by atoms with Crippen LogP contribution in [-0.4, -0.2) is 37.3 Å². The summed E-state index contributed by atoms with van der Waals surface area (Å²) in [7, 11) is 3.00. The number of rotatable bonds is 10. The van der Waals surface area contributed by atoms with Crippen LogP contribution in [0.1, 0.15) is 43.5 Å². The predicted molar refractivity (Wildman–Crippen MR) is 168 cm³/mol. The average molecular weight is 629 g/mol. The summed E-state index contributed by atoms with van der Waals surface area (Å²) < 4.78 is 29.6. The molecule has 45 heavy (non-hydrogen) atoms. The minimum Gasteiger partial charge on any atom is -0.493 e. The van der Waals surface area contributed by atoms with Crippen LogP contribution in [0.15, 0.2) is 87.8 Å². The third kappa shape index (κ3) is 6.68. The first kappa shape index (κ1) is 31.3. The molecule has 0 bridgehead atoms. The number of carbonyl (C=O) groups excluding carboxylic acids is 2. The van der Waals surface area contributed by atoms with E-state index in [1.807, 2.05) is 36.4 Å². The summed E-state index contributed by atoms with van der Waals surface area (Å²) >= 11 is 1.20. The van der Waals surface area contributed by atoms with Crippen molar-refractivity contribution in [2.45, 2.75) is 33.4 Å². The molecule has 5 rings (SSSR count). The maximum absolute atomic E-state index is 14.0. The van der Waals surface area contributed by atoms with Gasteiger partial charge in [-0.05, 0) is 60.9 Å². The van der Waals surface area contributed by atoms with Gasteiger partial charge in [0.15, 0.2) is 27.8 Å². The third-order valence-electron chi connectivity index (χ3n) is 7.00. The zero-order valence-corrected chi connectivity index (χ0v) is 26.3. The Bertz CT molecular complexity index is 1960. The second-order valence-electron chi connectivity index (χ2n) is 9.99.